The zero-order valence-corrected chi connectivity index (χ0v) is 10.4. The van der Waals surface area contributed by atoms with E-state index in [4.69, 9.17) is 16.3 Å². The molecule has 92 valence electrons. The zero-order chi connectivity index (χ0) is 12.3. The third kappa shape index (κ3) is 3.17. The van der Waals surface area contributed by atoms with Crippen molar-refractivity contribution in [1.82, 2.24) is 10.3 Å². The molecule has 1 aliphatic rings. The fourth-order valence-electron chi connectivity index (χ4n) is 1.89. The lowest BCUT2D eigenvalue weighted by Crippen LogP contribution is -2.32. The van der Waals surface area contributed by atoms with Gasteiger partial charge in [-0.15, -0.1) is 0 Å². The molecule has 1 fully saturated rings. The normalized spacial score (nSPS) is 23.6. The highest BCUT2D eigenvalue weighted by molar-refractivity contribution is 6.30. The molecule has 1 saturated heterocycles. The third-order valence-electron chi connectivity index (χ3n) is 3.01. The topological polar surface area (TPSA) is 51.2 Å². The van der Waals surface area contributed by atoms with Crippen molar-refractivity contribution in [3.05, 3.63) is 29.0 Å². The summed E-state index contributed by atoms with van der Waals surface area (Å²) in [5, 5.41) is 3.37. The number of ether oxygens (including phenoxy) is 1. The van der Waals surface area contributed by atoms with Crippen molar-refractivity contribution >= 4 is 17.5 Å². The van der Waals surface area contributed by atoms with Crippen LogP contribution in [0.5, 0.6) is 0 Å². The molecule has 17 heavy (non-hydrogen) atoms. The van der Waals surface area contributed by atoms with E-state index >= 15 is 0 Å². The molecule has 2 rings (SSSR count). The fourth-order valence-corrected chi connectivity index (χ4v) is 2.05. The van der Waals surface area contributed by atoms with E-state index in [0.29, 0.717) is 23.2 Å². The number of nitrogens with zero attached hydrogens (tertiary/aromatic N) is 1. The molecular weight excluding hydrogens is 240 g/mol. The second-order valence-corrected chi connectivity index (χ2v) is 4.63. The second-order valence-electron chi connectivity index (χ2n) is 4.19. The van der Waals surface area contributed by atoms with Crippen LogP contribution in [0.15, 0.2) is 18.3 Å². The van der Waals surface area contributed by atoms with Gasteiger partial charge in [-0.1, -0.05) is 11.6 Å². The summed E-state index contributed by atoms with van der Waals surface area (Å²) >= 11 is 5.80. The van der Waals surface area contributed by atoms with Gasteiger partial charge in [-0.3, -0.25) is 9.78 Å². The monoisotopic (exact) mass is 254 g/mol. The Bertz CT molecular complexity index is 411. The summed E-state index contributed by atoms with van der Waals surface area (Å²) in [6, 6.07) is 3.21. The van der Waals surface area contributed by atoms with Crippen molar-refractivity contribution in [3.63, 3.8) is 0 Å². The summed E-state index contributed by atoms with van der Waals surface area (Å²) < 4.78 is 5.43. The molecule has 1 aromatic rings. The van der Waals surface area contributed by atoms with Crippen LogP contribution in [-0.4, -0.2) is 30.1 Å². The first-order valence-electron chi connectivity index (χ1n) is 5.68. The lowest BCUT2D eigenvalue weighted by Gasteiger charge is -2.14. The van der Waals surface area contributed by atoms with Gasteiger partial charge in [0.25, 0.3) is 5.91 Å². The van der Waals surface area contributed by atoms with Crippen LogP contribution in [0.25, 0.3) is 0 Å². The van der Waals surface area contributed by atoms with E-state index in [2.05, 4.69) is 10.3 Å². The predicted octanol–water partition coefficient (Wildman–Crippen LogP) is 1.89. The molecule has 1 amide bonds. The van der Waals surface area contributed by atoms with Gasteiger partial charge in [0.1, 0.15) is 5.69 Å². The van der Waals surface area contributed by atoms with Crippen LogP contribution in [0.3, 0.4) is 0 Å². The highest BCUT2D eigenvalue weighted by atomic mass is 35.5. The van der Waals surface area contributed by atoms with Crippen LogP contribution in [-0.2, 0) is 4.74 Å². The fraction of sp³-hybridized carbons (Fsp3) is 0.500. The summed E-state index contributed by atoms with van der Waals surface area (Å²) in [6.07, 6.45) is 2.73. The Kier molecular flexibility index (Phi) is 3.97. The summed E-state index contributed by atoms with van der Waals surface area (Å²) in [6.45, 7) is 3.42. The van der Waals surface area contributed by atoms with Gasteiger partial charge in [0, 0.05) is 30.3 Å². The minimum atomic E-state index is -0.188. The zero-order valence-electron chi connectivity index (χ0n) is 9.65. The Morgan fingerprint density at radius 1 is 1.71 bits per heavy atom. The number of halogens is 1. The Balaban J connectivity index is 1.89. The molecular formula is C12H15ClN2O2. The van der Waals surface area contributed by atoms with E-state index in [1.54, 1.807) is 12.1 Å². The van der Waals surface area contributed by atoms with Crippen molar-refractivity contribution in [2.75, 3.05) is 13.2 Å². The molecule has 1 N–H and O–H groups in total. The van der Waals surface area contributed by atoms with Crippen molar-refractivity contribution in [2.45, 2.75) is 19.4 Å². The number of amides is 1. The summed E-state index contributed by atoms with van der Waals surface area (Å²) in [5.41, 5.74) is 0.351. The van der Waals surface area contributed by atoms with Crippen LogP contribution in [0, 0.1) is 5.92 Å². The lowest BCUT2D eigenvalue weighted by molar-refractivity contribution is 0.0903. The number of rotatable bonds is 3. The molecule has 0 spiro atoms. The molecule has 1 aliphatic heterocycles. The Morgan fingerprint density at radius 2 is 2.53 bits per heavy atom. The molecule has 5 heteroatoms. The number of carbonyl (C=O) groups is 1. The van der Waals surface area contributed by atoms with Gasteiger partial charge in [-0.25, -0.2) is 0 Å². The van der Waals surface area contributed by atoms with Gasteiger partial charge in [0.15, 0.2) is 0 Å². The standard InChI is InChI=1S/C12H15ClN2O2/c1-8-9(3-5-17-8)7-15-12(16)11-6-10(13)2-4-14-11/h2,4,6,8-9H,3,5,7H2,1H3,(H,15,16). The van der Waals surface area contributed by atoms with Crippen LogP contribution >= 0.6 is 11.6 Å². The first-order chi connectivity index (χ1) is 8.16. The molecule has 0 aromatic carbocycles. The first-order valence-corrected chi connectivity index (χ1v) is 6.06. The van der Waals surface area contributed by atoms with Crippen LogP contribution in [0.4, 0.5) is 0 Å². The Labute approximate surface area is 105 Å². The molecule has 2 unspecified atom stereocenters. The lowest BCUT2D eigenvalue weighted by atomic mass is 10.0. The number of carbonyl (C=O) groups excluding carboxylic acids is 1. The highest BCUT2D eigenvalue weighted by Crippen LogP contribution is 2.19. The summed E-state index contributed by atoms with van der Waals surface area (Å²) in [4.78, 5) is 15.8. The number of hydrogen-bond donors (Lipinski definition) is 1. The van der Waals surface area contributed by atoms with Gasteiger partial charge in [-0.2, -0.15) is 0 Å². The van der Waals surface area contributed by atoms with Crippen molar-refractivity contribution in [3.8, 4) is 0 Å². The van der Waals surface area contributed by atoms with Gasteiger partial charge in [0.05, 0.1) is 6.10 Å². The molecule has 2 heterocycles. The minimum absolute atomic E-state index is 0.188. The van der Waals surface area contributed by atoms with Crippen molar-refractivity contribution in [2.24, 2.45) is 5.92 Å². The van der Waals surface area contributed by atoms with E-state index in [1.165, 1.54) is 6.20 Å². The average Bonchev–Trinajstić information content (AvgIpc) is 2.72. The molecule has 0 bridgehead atoms. The van der Waals surface area contributed by atoms with E-state index in [1.807, 2.05) is 6.92 Å². The highest BCUT2D eigenvalue weighted by Gasteiger charge is 2.24. The molecule has 0 aliphatic carbocycles. The number of nitrogens with one attached hydrogen (secondary N) is 1. The van der Waals surface area contributed by atoms with Crippen molar-refractivity contribution in [1.29, 1.82) is 0 Å². The van der Waals surface area contributed by atoms with Gasteiger partial charge in [-0.05, 0) is 25.5 Å². The molecule has 0 saturated carbocycles. The maximum Gasteiger partial charge on any atom is 0.269 e. The predicted molar refractivity (Wildman–Crippen MR) is 65.1 cm³/mol. The van der Waals surface area contributed by atoms with Gasteiger partial charge < -0.3 is 10.1 Å². The average molecular weight is 255 g/mol. The van der Waals surface area contributed by atoms with E-state index in [-0.39, 0.29) is 12.0 Å². The van der Waals surface area contributed by atoms with Gasteiger partial charge >= 0.3 is 0 Å². The molecule has 0 radical (unpaired) electrons. The third-order valence-corrected chi connectivity index (χ3v) is 3.25. The SMILES string of the molecule is CC1OCCC1CNC(=O)c1cc(Cl)ccn1. The summed E-state index contributed by atoms with van der Waals surface area (Å²) in [5.74, 6) is 0.199. The van der Waals surface area contributed by atoms with Gasteiger partial charge in [0.2, 0.25) is 0 Å². The largest absolute Gasteiger partial charge is 0.378 e. The van der Waals surface area contributed by atoms with E-state index < -0.39 is 0 Å². The maximum atomic E-state index is 11.8. The molecule has 2 atom stereocenters. The second kappa shape index (κ2) is 5.47. The molecule has 1 aromatic heterocycles. The Hall–Kier alpha value is -1.13. The summed E-state index contributed by atoms with van der Waals surface area (Å²) in [7, 11) is 0. The number of aromatic nitrogens is 1. The van der Waals surface area contributed by atoms with Crippen LogP contribution < -0.4 is 5.32 Å². The van der Waals surface area contributed by atoms with Crippen LogP contribution in [0.1, 0.15) is 23.8 Å². The van der Waals surface area contributed by atoms with Crippen molar-refractivity contribution < 1.29 is 9.53 Å². The van der Waals surface area contributed by atoms with Crippen LogP contribution in [0.2, 0.25) is 5.02 Å². The number of pyridine rings is 1. The smallest absolute Gasteiger partial charge is 0.269 e. The Morgan fingerprint density at radius 3 is 3.18 bits per heavy atom. The van der Waals surface area contributed by atoms with E-state index in [9.17, 15) is 4.79 Å². The number of hydrogen-bond acceptors (Lipinski definition) is 3. The molecule has 4 nitrogen and oxygen atoms in total. The quantitative estimate of drug-likeness (QED) is 0.896. The first kappa shape index (κ1) is 12.3. The minimum Gasteiger partial charge on any atom is -0.378 e. The maximum absolute atomic E-state index is 11.8. The van der Waals surface area contributed by atoms with E-state index in [0.717, 1.165) is 13.0 Å².